The zero-order chi connectivity index (χ0) is 16.9. The van der Waals surface area contributed by atoms with Gasteiger partial charge >= 0.3 is 0 Å². The summed E-state index contributed by atoms with van der Waals surface area (Å²) in [5.41, 5.74) is 1.42. The minimum Gasteiger partial charge on any atom is -0.490 e. The first-order chi connectivity index (χ1) is 11.7. The summed E-state index contributed by atoms with van der Waals surface area (Å²) in [5, 5.41) is 8.97. The zero-order valence-corrected chi connectivity index (χ0v) is 13.1. The van der Waals surface area contributed by atoms with Crippen LogP contribution in [0.3, 0.4) is 0 Å². The lowest BCUT2D eigenvalue weighted by Crippen LogP contribution is -2.16. The third-order valence-electron chi connectivity index (χ3n) is 3.37. The van der Waals surface area contributed by atoms with Gasteiger partial charge in [0, 0.05) is 18.3 Å². The van der Waals surface area contributed by atoms with Crippen molar-refractivity contribution in [3.63, 3.8) is 0 Å². The molecular weight excluding hydrogens is 306 g/mol. The Kier molecular flexibility index (Phi) is 4.43. The van der Waals surface area contributed by atoms with Crippen molar-refractivity contribution in [2.24, 2.45) is 0 Å². The second-order valence-electron chi connectivity index (χ2n) is 5.01. The monoisotopic (exact) mass is 321 g/mol. The topological polar surface area (TPSA) is 76.6 Å². The fraction of sp³-hybridized carbons (Fsp3) is 0.167. The Morgan fingerprint density at radius 3 is 2.83 bits per heavy atom. The first-order valence-electron chi connectivity index (χ1n) is 7.48. The van der Waals surface area contributed by atoms with E-state index in [1.54, 1.807) is 36.5 Å². The standard InChI is InChI=1S/C18H15N3O3/c1-2-23-16-9-13(11-19)6-7-15(16)24-12-14-10-18(22)21-8-4-3-5-17(21)20-14/h3-10H,2,12H2,1H3. The summed E-state index contributed by atoms with van der Waals surface area (Å²) in [6.07, 6.45) is 1.67. The van der Waals surface area contributed by atoms with Gasteiger partial charge in [0.15, 0.2) is 11.5 Å². The van der Waals surface area contributed by atoms with Gasteiger partial charge in [0.1, 0.15) is 12.3 Å². The molecule has 3 aromatic rings. The molecule has 0 saturated heterocycles. The molecule has 0 spiro atoms. The number of nitriles is 1. The van der Waals surface area contributed by atoms with E-state index in [0.717, 1.165) is 0 Å². The van der Waals surface area contributed by atoms with Gasteiger partial charge in [-0.25, -0.2) is 4.98 Å². The minimum atomic E-state index is -0.163. The van der Waals surface area contributed by atoms with Crippen molar-refractivity contribution in [3.05, 3.63) is 70.3 Å². The highest BCUT2D eigenvalue weighted by Gasteiger charge is 2.08. The van der Waals surface area contributed by atoms with Gasteiger partial charge in [-0.3, -0.25) is 9.20 Å². The Bertz CT molecular complexity index is 973. The van der Waals surface area contributed by atoms with Gasteiger partial charge in [-0.2, -0.15) is 5.26 Å². The Morgan fingerprint density at radius 1 is 1.17 bits per heavy atom. The lowest BCUT2D eigenvalue weighted by molar-refractivity contribution is 0.266. The number of hydrogen-bond donors (Lipinski definition) is 0. The molecule has 2 aromatic heterocycles. The van der Waals surface area contributed by atoms with E-state index in [1.807, 2.05) is 13.0 Å². The van der Waals surface area contributed by atoms with E-state index in [2.05, 4.69) is 11.1 Å². The molecule has 0 amide bonds. The molecule has 6 nitrogen and oxygen atoms in total. The SMILES string of the molecule is CCOc1cc(C#N)ccc1OCc1cc(=O)n2ccccc2n1. The van der Waals surface area contributed by atoms with Crippen molar-refractivity contribution >= 4 is 5.65 Å². The number of hydrogen-bond acceptors (Lipinski definition) is 5. The van der Waals surface area contributed by atoms with Crippen LogP contribution in [0.5, 0.6) is 11.5 Å². The van der Waals surface area contributed by atoms with E-state index < -0.39 is 0 Å². The molecule has 0 atom stereocenters. The highest BCUT2D eigenvalue weighted by atomic mass is 16.5. The van der Waals surface area contributed by atoms with Crippen molar-refractivity contribution in [2.45, 2.75) is 13.5 Å². The van der Waals surface area contributed by atoms with Crippen LogP contribution in [-0.4, -0.2) is 16.0 Å². The van der Waals surface area contributed by atoms with E-state index in [4.69, 9.17) is 14.7 Å². The van der Waals surface area contributed by atoms with Crippen molar-refractivity contribution in [1.82, 2.24) is 9.38 Å². The molecule has 0 saturated carbocycles. The molecule has 0 unspecified atom stereocenters. The Hall–Kier alpha value is -3.33. The predicted octanol–water partition coefficient (Wildman–Crippen LogP) is 2.54. The summed E-state index contributed by atoms with van der Waals surface area (Å²) in [6.45, 7) is 2.45. The van der Waals surface area contributed by atoms with Crippen LogP contribution in [0.1, 0.15) is 18.2 Å². The number of nitrogens with zero attached hydrogens (tertiary/aromatic N) is 3. The molecule has 0 aliphatic heterocycles. The van der Waals surface area contributed by atoms with Gasteiger partial charge in [0.05, 0.1) is 23.9 Å². The summed E-state index contributed by atoms with van der Waals surface area (Å²) in [7, 11) is 0. The fourth-order valence-corrected chi connectivity index (χ4v) is 2.29. The van der Waals surface area contributed by atoms with Crippen LogP contribution < -0.4 is 15.0 Å². The van der Waals surface area contributed by atoms with Crippen molar-refractivity contribution in [3.8, 4) is 17.6 Å². The lowest BCUT2D eigenvalue weighted by atomic mass is 10.2. The maximum atomic E-state index is 12.1. The Labute approximate surface area is 138 Å². The number of benzene rings is 1. The summed E-state index contributed by atoms with van der Waals surface area (Å²) in [4.78, 5) is 16.5. The second kappa shape index (κ2) is 6.84. The molecule has 6 heteroatoms. The molecule has 1 aromatic carbocycles. The van der Waals surface area contributed by atoms with E-state index in [0.29, 0.717) is 35.0 Å². The summed E-state index contributed by atoms with van der Waals surface area (Å²) < 4.78 is 12.7. The maximum Gasteiger partial charge on any atom is 0.258 e. The van der Waals surface area contributed by atoms with Crippen LogP contribution in [0.2, 0.25) is 0 Å². The minimum absolute atomic E-state index is 0.132. The smallest absolute Gasteiger partial charge is 0.258 e. The van der Waals surface area contributed by atoms with Crippen LogP contribution in [0.25, 0.3) is 5.65 Å². The van der Waals surface area contributed by atoms with E-state index in [-0.39, 0.29) is 12.2 Å². The van der Waals surface area contributed by atoms with Gasteiger partial charge in [0.25, 0.3) is 5.56 Å². The normalized spacial score (nSPS) is 10.3. The number of rotatable bonds is 5. The first-order valence-corrected chi connectivity index (χ1v) is 7.48. The molecule has 0 N–H and O–H groups in total. The molecule has 0 aliphatic carbocycles. The molecule has 120 valence electrons. The molecule has 0 bridgehead atoms. The van der Waals surface area contributed by atoms with Gasteiger partial charge in [-0.05, 0) is 31.2 Å². The third-order valence-corrected chi connectivity index (χ3v) is 3.37. The fourth-order valence-electron chi connectivity index (χ4n) is 2.29. The molecule has 0 fully saturated rings. The zero-order valence-electron chi connectivity index (χ0n) is 13.1. The summed E-state index contributed by atoms with van der Waals surface area (Å²) in [6, 6.07) is 13.8. The van der Waals surface area contributed by atoms with E-state index >= 15 is 0 Å². The number of aromatic nitrogens is 2. The number of pyridine rings is 1. The molecule has 0 radical (unpaired) electrons. The summed E-state index contributed by atoms with van der Waals surface area (Å²) >= 11 is 0. The average Bonchev–Trinajstić information content (AvgIpc) is 2.61. The average molecular weight is 321 g/mol. The Balaban J connectivity index is 1.86. The van der Waals surface area contributed by atoms with Crippen molar-refractivity contribution in [2.75, 3.05) is 6.61 Å². The molecule has 24 heavy (non-hydrogen) atoms. The van der Waals surface area contributed by atoms with E-state index in [1.165, 1.54) is 10.5 Å². The van der Waals surface area contributed by atoms with E-state index in [9.17, 15) is 4.79 Å². The number of ether oxygens (including phenoxy) is 2. The van der Waals surface area contributed by atoms with Crippen molar-refractivity contribution in [1.29, 1.82) is 5.26 Å². The number of fused-ring (bicyclic) bond motifs is 1. The second-order valence-corrected chi connectivity index (χ2v) is 5.01. The highest BCUT2D eigenvalue weighted by Crippen LogP contribution is 2.28. The Morgan fingerprint density at radius 2 is 2.04 bits per heavy atom. The molecule has 2 heterocycles. The molecule has 0 aliphatic rings. The van der Waals surface area contributed by atoms with Crippen LogP contribution in [-0.2, 0) is 6.61 Å². The predicted molar refractivity (Wildman–Crippen MR) is 88.1 cm³/mol. The van der Waals surface area contributed by atoms with Gasteiger partial charge in [-0.15, -0.1) is 0 Å². The van der Waals surface area contributed by atoms with Gasteiger partial charge < -0.3 is 9.47 Å². The molecular formula is C18H15N3O3. The van der Waals surface area contributed by atoms with Crippen molar-refractivity contribution < 1.29 is 9.47 Å². The van der Waals surface area contributed by atoms with Gasteiger partial charge in [0.2, 0.25) is 0 Å². The van der Waals surface area contributed by atoms with Gasteiger partial charge in [-0.1, -0.05) is 6.07 Å². The van der Waals surface area contributed by atoms with Crippen LogP contribution >= 0.6 is 0 Å². The van der Waals surface area contributed by atoms with Crippen LogP contribution in [0, 0.1) is 11.3 Å². The van der Waals surface area contributed by atoms with Crippen LogP contribution in [0.15, 0.2) is 53.5 Å². The highest BCUT2D eigenvalue weighted by molar-refractivity contribution is 5.47. The maximum absolute atomic E-state index is 12.1. The first kappa shape index (κ1) is 15.6. The largest absolute Gasteiger partial charge is 0.490 e. The van der Waals surface area contributed by atoms with Crippen LogP contribution in [0.4, 0.5) is 0 Å². The summed E-state index contributed by atoms with van der Waals surface area (Å²) in [5.74, 6) is 1.000. The lowest BCUT2D eigenvalue weighted by Gasteiger charge is -2.12. The third kappa shape index (κ3) is 3.20. The molecule has 3 rings (SSSR count). The quantitative estimate of drug-likeness (QED) is 0.722.